The summed E-state index contributed by atoms with van der Waals surface area (Å²) in [6, 6.07) is 7.37. The minimum atomic E-state index is -4.34. The van der Waals surface area contributed by atoms with Crippen molar-refractivity contribution >= 4 is 21.7 Å². The highest BCUT2D eigenvalue weighted by Crippen LogP contribution is 2.38. The molecule has 0 bridgehead atoms. The Labute approximate surface area is 201 Å². The SMILES string of the molecule is COC(=O)c1c(N)ccc(S(=O)(=O)N[C@H](c2n[nH]c(=O)o2)[C@H](C)c2cccc3c2CCC3)c1OC. The molecule has 11 nitrogen and oxygen atoms in total. The quantitative estimate of drug-likeness (QED) is 0.308. The van der Waals surface area contributed by atoms with Crippen molar-refractivity contribution in [2.45, 2.75) is 43.0 Å². The van der Waals surface area contributed by atoms with Crippen molar-refractivity contribution < 1.29 is 27.1 Å². The van der Waals surface area contributed by atoms with Crippen LogP contribution in [-0.2, 0) is 27.6 Å². The van der Waals surface area contributed by atoms with Gasteiger partial charge in [-0.05, 0) is 48.1 Å². The predicted molar refractivity (Wildman–Crippen MR) is 126 cm³/mol. The summed E-state index contributed by atoms with van der Waals surface area (Å²) in [6.07, 6.45) is 2.82. The van der Waals surface area contributed by atoms with Crippen molar-refractivity contribution in [3.8, 4) is 5.75 Å². The lowest BCUT2D eigenvalue weighted by Crippen LogP contribution is -2.33. The Morgan fingerprint density at radius 3 is 2.66 bits per heavy atom. The van der Waals surface area contributed by atoms with Crippen LogP contribution in [0.5, 0.6) is 5.75 Å². The molecule has 0 saturated carbocycles. The molecule has 1 aliphatic carbocycles. The van der Waals surface area contributed by atoms with Crippen LogP contribution in [-0.4, -0.2) is 38.8 Å². The molecule has 4 N–H and O–H groups in total. The number of nitrogens with two attached hydrogens (primary N) is 1. The van der Waals surface area contributed by atoms with Gasteiger partial charge in [-0.2, -0.15) is 4.72 Å². The molecule has 1 heterocycles. The van der Waals surface area contributed by atoms with E-state index in [0.29, 0.717) is 0 Å². The van der Waals surface area contributed by atoms with E-state index in [1.807, 2.05) is 19.1 Å². The third kappa shape index (κ3) is 4.54. The third-order valence-corrected chi connectivity index (χ3v) is 7.68. The molecule has 1 aliphatic rings. The van der Waals surface area contributed by atoms with Crippen LogP contribution in [0.1, 0.15) is 58.2 Å². The van der Waals surface area contributed by atoms with Crippen LogP contribution in [0.3, 0.4) is 0 Å². The summed E-state index contributed by atoms with van der Waals surface area (Å²) in [4.78, 5) is 23.7. The van der Waals surface area contributed by atoms with Gasteiger partial charge in [0.1, 0.15) is 16.5 Å². The second-order valence-electron chi connectivity index (χ2n) is 8.23. The number of aromatic nitrogens is 2. The Morgan fingerprint density at radius 2 is 2.00 bits per heavy atom. The summed E-state index contributed by atoms with van der Waals surface area (Å²) in [6.45, 7) is 1.83. The van der Waals surface area contributed by atoms with Crippen molar-refractivity contribution in [3.05, 3.63) is 69.0 Å². The number of H-pyrrole nitrogens is 1. The first-order valence-electron chi connectivity index (χ1n) is 10.9. The van der Waals surface area contributed by atoms with Crippen LogP contribution < -0.4 is 20.9 Å². The van der Waals surface area contributed by atoms with Gasteiger partial charge < -0.3 is 19.6 Å². The molecule has 35 heavy (non-hydrogen) atoms. The molecule has 3 aromatic rings. The standard InChI is InChI=1S/C23H26N4O7S/c1-12(14-8-4-6-13-7-5-9-15(13)14)19(21-25-26-23(29)34-21)27-35(30,31)17-11-10-16(24)18(20(17)32-2)22(28)33-3/h4,6,8,10-12,19,27H,5,7,9,24H2,1-3H3,(H,26,29)/t12-,19+/m1/s1. The van der Waals surface area contributed by atoms with Crippen LogP contribution in [0.2, 0.25) is 0 Å². The number of rotatable bonds is 8. The molecule has 2 atom stereocenters. The summed E-state index contributed by atoms with van der Waals surface area (Å²) >= 11 is 0. The number of aromatic amines is 1. The fourth-order valence-electron chi connectivity index (χ4n) is 4.53. The second kappa shape index (κ2) is 9.55. The van der Waals surface area contributed by atoms with Gasteiger partial charge in [0.15, 0.2) is 5.75 Å². The first-order chi connectivity index (χ1) is 16.7. The lowest BCUT2D eigenvalue weighted by Gasteiger charge is -2.25. The van der Waals surface area contributed by atoms with Gasteiger partial charge in [-0.15, -0.1) is 5.10 Å². The number of anilines is 1. The molecule has 0 amide bonds. The number of carbonyl (C=O) groups excluding carboxylic acids is 1. The lowest BCUT2D eigenvalue weighted by molar-refractivity contribution is 0.0598. The van der Waals surface area contributed by atoms with Gasteiger partial charge in [0.2, 0.25) is 15.9 Å². The van der Waals surface area contributed by atoms with Crippen molar-refractivity contribution in [2.75, 3.05) is 20.0 Å². The minimum absolute atomic E-state index is 0.00397. The zero-order chi connectivity index (χ0) is 25.3. The fraction of sp³-hybridized carbons (Fsp3) is 0.348. The number of esters is 1. The number of carbonyl (C=O) groups is 1. The van der Waals surface area contributed by atoms with E-state index in [9.17, 15) is 18.0 Å². The van der Waals surface area contributed by atoms with Crippen molar-refractivity contribution in [3.63, 3.8) is 0 Å². The van der Waals surface area contributed by atoms with E-state index in [0.717, 1.165) is 37.5 Å². The molecule has 0 fully saturated rings. The maximum Gasteiger partial charge on any atom is 0.434 e. The molecular formula is C23H26N4O7S. The van der Waals surface area contributed by atoms with Crippen LogP contribution in [0.25, 0.3) is 0 Å². The van der Waals surface area contributed by atoms with E-state index in [-0.39, 0.29) is 27.8 Å². The van der Waals surface area contributed by atoms with E-state index in [4.69, 9.17) is 19.6 Å². The number of hydrogen-bond donors (Lipinski definition) is 3. The van der Waals surface area contributed by atoms with Crippen LogP contribution in [0, 0.1) is 0 Å². The van der Waals surface area contributed by atoms with Gasteiger partial charge in [0, 0.05) is 5.92 Å². The minimum Gasteiger partial charge on any atom is -0.494 e. The number of aryl methyl sites for hydroxylation is 1. The number of nitrogens with zero attached hydrogens (tertiary/aromatic N) is 1. The van der Waals surface area contributed by atoms with Gasteiger partial charge in [-0.1, -0.05) is 25.1 Å². The van der Waals surface area contributed by atoms with E-state index < -0.39 is 33.7 Å². The van der Waals surface area contributed by atoms with E-state index in [1.54, 1.807) is 0 Å². The number of ether oxygens (including phenoxy) is 2. The van der Waals surface area contributed by atoms with Crippen molar-refractivity contribution in [1.82, 2.24) is 14.9 Å². The molecule has 0 spiro atoms. The summed E-state index contributed by atoms with van der Waals surface area (Å²) < 4.78 is 45.0. The maximum atomic E-state index is 13.6. The molecule has 12 heteroatoms. The number of hydrogen-bond acceptors (Lipinski definition) is 9. The number of sulfonamides is 1. The number of nitrogens with one attached hydrogen (secondary N) is 2. The third-order valence-electron chi connectivity index (χ3n) is 6.21. The zero-order valence-corrected chi connectivity index (χ0v) is 20.3. The molecule has 2 aromatic carbocycles. The Balaban J connectivity index is 1.81. The Bertz CT molecular complexity index is 1430. The highest BCUT2D eigenvalue weighted by atomic mass is 32.2. The molecule has 0 unspecified atom stereocenters. The summed E-state index contributed by atoms with van der Waals surface area (Å²) in [5.74, 6) is -2.50. The van der Waals surface area contributed by atoms with Gasteiger partial charge >= 0.3 is 11.7 Å². The molecule has 186 valence electrons. The van der Waals surface area contributed by atoms with Crippen LogP contribution >= 0.6 is 0 Å². The highest BCUT2D eigenvalue weighted by Gasteiger charge is 2.35. The molecule has 0 radical (unpaired) electrons. The first kappa shape index (κ1) is 24.5. The highest BCUT2D eigenvalue weighted by molar-refractivity contribution is 7.89. The molecular weight excluding hydrogens is 476 g/mol. The average molecular weight is 503 g/mol. The molecule has 0 aliphatic heterocycles. The summed E-state index contributed by atoms with van der Waals surface area (Å²) in [5, 5.41) is 6.08. The normalized spacial score (nSPS) is 14.8. The number of methoxy groups -OCH3 is 2. The zero-order valence-electron chi connectivity index (χ0n) is 19.5. The second-order valence-corrected chi connectivity index (χ2v) is 9.91. The van der Waals surface area contributed by atoms with Crippen LogP contribution in [0.15, 0.2) is 44.4 Å². The number of nitrogen functional groups attached to an aromatic ring is 1. The summed E-state index contributed by atoms with van der Waals surface area (Å²) in [5.41, 5.74) is 8.97. The molecule has 0 saturated heterocycles. The maximum absolute atomic E-state index is 13.6. The monoisotopic (exact) mass is 502 g/mol. The Morgan fingerprint density at radius 1 is 1.23 bits per heavy atom. The number of fused-ring (bicyclic) bond motifs is 1. The molecule has 1 aromatic heterocycles. The van der Waals surface area contributed by atoms with Crippen molar-refractivity contribution in [2.24, 2.45) is 0 Å². The average Bonchev–Trinajstić information content (AvgIpc) is 3.50. The first-order valence-corrected chi connectivity index (χ1v) is 12.4. The van der Waals surface area contributed by atoms with Gasteiger partial charge in [0.25, 0.3) is 0 Å². The lowest BCUT2D eigenvalue weighted by atomic mass is 9.88. The molecule has 4 rings (SSSR count). The topological polar surface area (TPSA) is 167 Å². The summed E-state index contributed by atoms with van der Waals surface area (Å²) in [7, 11) is -1.97. The van der Waals surface area contributed by atoms with Gasteiger partial charge in [-0.25, -0.2) is 23.1 Å². The van der Waals surface area contributed by atoms with Gasteiger partial charge in [0.05, 0.1) is 19.9 Å². The Hall–Kier alpha value is -3.64. The fourth-order valence-corrected chi connectivity index (χ4v) is 5.98. The van der Waals surface area contributed by atoms with E-state index in [1.165, 1.54) is 24.8 Å². The Kier molecular flexibility index (Phi) is 6.68. The van der Waals surface area contributed by atoms with Gasteiger partial charge in [-0.3, -0.25) is 0 Å². The van der Waals surface area contributed by atoms with E-state index >= 15 is 0 Å². The largest absolute Gasteiger partial charge is 0.494 e. The number of benzene rings is 2. The van der Waals surface area contributed by atoms with E-state index in [2.05, 4.69) is 21.0 Å². The smallest absolute Gasteiger partial charge is 0.434 e. The predicted octanol–water partition coefficient (Wildman–Crippen LogP) is 2.05. The van der Waals surface area contributed by atoms with Crippen LogP contribution in [0.4, 0.5) is 5.69 Å². The van der Waals surface area contributed by atoms with Crippen molar-refractivity contribution in [1.29, 1.82) is 0 Å².